The largest absolute Gasteiger partial charge is 0.335 e. The Hall–Kier alpha value is -2.42. The minimum atomic E-state index is -0.513. The van der Waals surface area contributed by atoms with Gasteiger partial charge in [0.2, 0.25) is 11.1 Å². The molecule has 0 bridgehead atoms. The fourth-order valence-corrected chi connectivity index (χ4v) is 3.12. The number of hydrogen-bond donors (Lipinski definition) is 2. The second kappa shape index (κ2) is 7.22. The van der Waals surface area contributed by atoms with Gasteiger partial charge in [-0.1, -0.05) is 29.5 Å². The van der Waals surface area contributed by atoms with Crippen molar-refractivity contribution in [2.45, 2.75) is 50.1 Å². The Labute approximate surface area is 149 Å². The van der Waals surface area contributed by atoms with Gasteiger partial charge in [0, 0.05) is 6.04 Å². The molecular weight excluding hydrogens is 340 g/mol. The van der Waals surface area contributed by atoms with Crippen LogP contribution in [0.2, 0.25) is 0 Å². The van der Waals surface area contributed by atoms with E-state index in [0.29, 0.717) is 5.16 Å². The molecule has 132 valence electrons. The molecule has 25 heavy (non-hydrogen) atoms. The van der Waals surface area contributed by atoms with E-state index < -0.39 is 11.3 Å². The van der Waals surface area contributed by atoms with Gasteiger partial charge >= 0.3 is 6.03 Å². The number of benzene rings is 1. The van der Waals surface area contributed by atoms with Crippen molar-refractivity contribution in [3.63, 3.8) is 0 Å². The summed E-state index contributed by atoms with van der Waals surface area (Å²) in [5, 5.41) is 16.8. The summed E-state index contributed by atoms with van der Waals surface area (Å²) in [6, 6.07) is 5.72. The van der Waals surface area contributed by atoms with Crippen molar-refractivity contribution in [3.8, 4) is 5.69 Å². The smallest absolute Gasteiger partial charge is 0.321 e. The fourth-order valence-electron chi connectivity index (χ4n) is 2.32. The molecule has 1 aliphatic rings. The molecule has 1 atom stereocenters. The zero-order valence-electron chi connectivity index (χ0n) is 14.3. The molecule has 1 fully saturated rings. The van der Waals surface area contributed by atoms with Gasteiger partial charge in [-0.3, -0.25) is 10.1 Å². The molecule has 8 nitrogen and oxygen atoms in total. The molecule has 3 rings (SSSR count). The average Bonchev–Trinajstić information content (AvgIpc) is 3.24. The van der Waals surface area contributed by atoms with E-state index in [9.17, 15) is 9.59 Å². The highest BCUT2D eigenvalue weighted by molar-refractivity contribution is 8.00. The van der Waals surface area contributed by atoms with Crippen LogP contribution in [0.5, 0.6) is 0 Å². The average molecular weight is 360 g/mol. The van der Waals surface area contributed by atoms with Crippen molar-refractivity contribution in [2.24, 2.45) is 0 Å². The van der Waals surface area contributed by atoms with Crippen LogP contribution in [0.25, 0.3) is 5.69 Å². The van der Waals surface area contributed by atoms with Crippen LogP contribution in [0.4, 0.5) is 4.79 Å². The second-order valence-corrected chi connectivity index (χ2v) is 7.47. The van der Waals surface area contributed by atoms with E-state index in [2.05, 4.69) is 26.2 Å². The van der Waals surface area contributed by atoms with E-state index in [1.807, 2.05) is 32.0 Å². The first kappa shape index (κ1) is 17.4. The Kier molecular flexibility index (Phi) is 5.03. The lowest BCUT2D eigenvalue weighted by atomic mass is 10.1. The summed E-state index contributed by atoms with van der Waals surface area (Å²) in [4.78, 5) is 23.8. The monoisotopic (exact) mass is 360 g/mol. The standard InChI is InChI=1S/C16H20N6O2S/c1-9-4-7-13(10(2)8-9)22-16(19-20-21-22)25-11(3)14(23)18-15(24)17-12-5-6-12/h4,7-8,11-12H,5-6H2,1-3H3,(H2,17,18,23,24). The highest BCUT2D eigenvalue weighted by Crippen LogP contribution is 2.25. The number of hydrogen-bond acceptors (Lipinski definition) is 6. The number of nitrogens with zero attached hydrogens (tertiary/aromatic N) is 4. The number of urea groups is 1. The van der Waals surface area contributed by atoms with Crippen LogP contribution in [-0.2, 0) is 4.79 Å². The lowest BCUT2D eigenvalue weighted by Gasteiger charge is -2.12. The number of amides is 3. The van der Waals surface area contributed by atoms with Crippen molar-refractivity contribution in [3.05, 3.63) is 29.3 Å². The molecular formula is C16H20N6O2S. The zero-order chi connectivity index (χ0) is 18.0. The number of nitrogens with one attached hydrogen (secondary N) is 2. The van der Waals surface area contributed by atoms with Crippen molar-refractivity contribution < 1.29 is 9.59 Å². The van der Waals surface area contributed by atoms with Gasteiger partial charge in [0.25, 0.3) is 0 Å². The van der Waals surface area contributed by atoms with Crippen LogP contribution < -0.4 is 10.6 Å². The van der Waals surface area contributed by atoms with Gasteiger partial charge in [0.05, 0.1) is 10.9 Å². The zero-order valence-corrected chi connectivity index (χ0v) is 15.1. The van der Waals surface area contributed by atoms with Crippen LogP contribution >= 0.6 is 11.8 Å². The van der Waals surface area contributed by atoms with Crippen molar-refractivity contribution in [2.75, 3.05) is 0 Å². The summed E-state index contributed by atoms with van der Waals surface area (Å²) < 4.78 is 1.60. The maximum Gasteiger partial charge on any atom is 0.321 e. The van der Waals surface area contributed by atoms with Gasteiger partial charge < -0.3 is 5.32 Å². The Morgan fingerprint density at radius 2 is 2.08 bits per heavy atom. The van der Waals surface area contributed by atoms with Gasteiger partial charge in [-0.05, 0) is 55.7 Å². The van der Waals surface area contributed by atoms with Crippen LogP contribution in [0.15, 0.2) is 23.4 Å². The maximum absolute atomic E-state index is 12.2. The summed E-state index contributed by atoms with van der Waals surface area (Å²) in [7, 11) is 0. The van der Waals surface area contributed by atoms with E-state index >= 15 is 0 Å². The number of rotatable bonds is 5. The molecule has 9 heteroatoms. The number of carbonyl (C=O) groups is 2. The molecule has 0 spiro atoms. The van der Waals surface area contributed by atoms with E-state index in [-0.39, 0.29) is 11.9 Å². The summed E-state index contributed by atoms with van der Waals surface area (Å²) in [6.45, 7) is 5.72. The van der Waals surface area contributed by atoms with Crippen LogP contribution in [-0.4, -0.2) is 43.4 Å². The number of imide groups is 1. The number of aromatic nitrogens is 4. The first-order chi connectivity index (χ1) is 11.9. The second-order valence-electron chi connectivity index (χ2n) is 6.16. The van der Waals surface area contributed by atoms with E-state index in [1.54, 1.807) is 11.6 Å². The van der Waals surface area contributed by atoms with Crippen molar-refractivity contribution in [1.82, 2.24) is 30.8 Å². The number of tetrazole rings is 1. The van der Waals surface area contributed by atoms with Gasteiger partial charge in [0.15, 0.2) is 0 Å². The molecule has 0 radical (unpaired) electrons. The van der Waals surface area contributed by atoms with Crippen LogP contribution in [0, 0.1) is 13.8 Å². The molecule has 1 aromatic carbocycles. The summed E-state index contributed by atoms with van der Waals surface area (Å²) in [6.07, 6.45) is 1.94. The SMILES string of the molecule is Cc1ccc(-n2nnnc2SC(C)C(=O)NC(=O)NC2CC2)c(C)c1. The first-order valence-corrected chi connectivity index (χ1v) is 8.96. The normalized spacial score (nSPS) is 14.8. The van der Waals surface area contributed by atoms with E-state index in [1.165, 1.54) is 11.8 Å². The molecule has 1 aliphatic carbocycles. The molecule has 0 aliphatic heterocycles. The highest BCUT2D eigenvalue weighted by Gasteiger charge is 2.26. The first-order valence-electron chi connectivity index (χ1n) is 8.08. The number of aryl methyl sites for hydroxylation is 2. The van der Waals surface area contributed by atoms with Gasteiger partial charge in [-0.15, -0.1) is 5.10 Å². The topological polar surface area (TPSA) is 102 Å². The lowest BCUT2D eigenvalue weighted by molar-refractivity contribution is -0.119. The van der Waals surface area contributed by atoms with Crippen LogP contribution in [0.1, 0.15) is 30.9 Å². The molecule has 1 saturated carbocycles. The molecule has 1 aromatic heterocycles. The summed E-state index contributed by atoms with van der Waals surface area (Å²) >= 11 is 1.20. The maximum atomic E-state index is 12.2. The minimum Gasteiger partial charge on any atom is -0.335 e. The third kappa shape index (κ3) is 4.36. The molecule has 1 heterocycles. The fraction of sp³-hybridized carbons (Fsp3) is 0.438. The Morgan fingerprint density at radius 3 is 2.76 bits per heavy atom. The molecule has 3 amide bonds. The van der Waals surface area contributed by atoms with Crippen molar-refractivity contribution >= 4 is 23.7 Å². The third-order valence-corrected chi connectivity index (χ3v) is 4.86. The predicted octanol–water partition coefficient (Wildman–Crippen LogP) is 1.75. The molecule has 2 N–H and O–H groups in total. The van der Waals surface area contributed by atoms with Gasteiger partial charge in [-0.25, -0.2) is 4.79 Å². The Bertz CT molecular complexity index is 802. The Balaban J connectivity index is 1.67. The quantitative estimate of drug-likeness (QED) is 0.788. The summed E-state index contributed by atoms with van der Waals surface area (Å²) in [5.74, 6) is -0.377. The third-order valence-electron chi connectivity index (χ3n) is 3.82. The predicted molar refractivity (Wildman–Crippen MR) is 93.6 cm³/mol. The molecule has 0 saturated heterocycles. The molecule has 2 aromatic rings. The number of carbonyl (C=O) groups excluding carboxylic acids is 2. The van der Waals surface area contributed by atoms with Gasteiger partial charge in [-0.2, -0.15) is 4.68 Å². The Morgan fingerprint density at radius 1 is 1.32 bits per heavy atom. The van der Waals surface area contributed by atoms with E-state index in [4.69, 9.17) is 0 Å². The lowest BCUT2D eigenvalue weighted by Crippen LogP contribution is -2.43. The van der Waals surface area contributed by atoms with E-state index in [0.717, 1.165) is 29.7 Å². The molecule has 1 unspecified atom stereocenters. The van der Waals surface area contributed by atoms with Crippen molar-refractivity contribution in [1.29, 1.82) is 0 Å². The minimum absolute atomic E-state index is 0.201. The van der Waals surface area contributed by atoms with Gasteiger partial charge in [0.1, 0.15) is 0 Å². The summed E-state index contributed by atoms with van der Waals surface area (Å²) in [5.41, 5.74) is 3.05. The van der Waals surface area contributed by atoms with Crippen LogP contribution in [0.3, 0.4) is 0 Å². The highest BCUT2D eigenvalue weighted by atomic mass is 32.2. The number of thioether (sulfide) groups is 1.